The molecule has 6 nitrogen and oxygen atoms in total. The Bertz CT molecular complexity index is 804. The highest BCUT2D eigenvalue weighted by Crippen LogP contribution is 2.33. The van der Waals surface area contributed by atoms with Crippen LogP contribution in [-0.4, -0.2) is 59.8 Å². The number of nitrogens with one attached hydrogen (secondary N) is 1. The van der Waals surface area contributed by atoms with Crippen LogP contribution in [0.25, 0.3) is 0 Å². The molecule has 29 heavy (non-hydrogen) atoms. The Balaban J connectivity index is 0.00000145. The standard InChI is InChI=1S/C18H22F3N5O.C2H6/c1-11-16(22-13-5-4-8-25(2)10-13)23-24-17(26(11)3)14-7-6-12(9-15(14)27)18(19,20)21;1-2/h6-7,9,13,27H,1,4-5,8,10H2,2-3H3,(H,22,23);1-2H3. The monoisotopic (exact) mass is 411 g/mol. The fraction of sp³-hybridized carbons (Fsp3) is 0.500. The summed E-state index contributed by atoms with van der Waals surface area (Å²) in [5.74, 6) is 0.290. The highest BCUT2D eigenvalue weighted by Gasteiger charge is 2.32. The number of aliphatic imine (C=N–C) groups is 1. The molecule has 160 valence electrons. The van der Waals surface area contributed by atoms with Crippen molar-refractivity contribution in [1.82, 2.24) is 15.2 Å². The van der Waals surface area contributed by atoms with Crippen molar-refractivity contribution in [3.63, 3.8) is 0 Å². The van der Waals surface area contributed by atoms with Crippen molar-refractivity contribution in [1.29, 1.82) is 0 Å². The molecule has 0 amide bonds. The molecule has 1 aromatic carbocycles. The molecular formula is C20H28F3N5O. The van der Waals surface area contributed by atoms with Crippen molar-refractivity contribution in [3.8, 4) is 5.75 Å². The first kappa shape index (κ1) is 22.7. The summed E-state index contributed by atoms with van der Waals surface area (Å²) in [7, 11) is 3.73. The van der Waals surface area contributed by atoms with Gasteiger partial charge in [-0.15, -0.1) is 0 Å². The normalized spacial score (nSPS) is 22.0. The van der Waals surface area contributed by atoms with Crippen LogP contribution in [0, 0.1) is 0 Å². The number of amidine groups is 2. The van der Waals surface area contributed by atoms with E-state index in [1.807, 2.05) is 20.9 Å². The second-order valence-corrected chi connectivity index (χ2v) is 6.82. The van der Waals surface area contributed by atoms with Gasteiger partial charge >= 0.3 is 6.18 Å². The fourth-order valence-electron chi connectivity index (χ4n) is 3.20. The molecule has 2 aliphatic rings. The number of halogens is 3. The summed E-state index contributed by atoms with van der Waals surface area (Å²) in [6.07, 6.45) is -2.48. The molecule has 2 heterocycles. The van der Waals surface area contributed by atoms with Gasteiger partial charge in [0.2, 0.25) is 0 Å². The van der Waals surface area contributed by atoms with Crippen LogP contribution in [0.5, 0.6) is 5.75 Å². The van der Waals surface area contributed by atoms with Gasteiger partial charge in [-0.25, -0.2) is 0 Å². The minimum Gasteiger partial charge on any atom is -0.507 e. The first-order valence-corrected chi connectivity index (χ1v) is 9.60. The lowest BCUT2D eigenvalue weighted by atomic mass is 10.1. The first-order valence-electron chi connectivity index (χ1n) is 9.60. The summed E-state index contributed by atoms with van der Waals surface area (Å²) in [5.41, 5.74) is 2.62. The molecular weight excluding hydrogens is 383 g/mol. The summed E-state index contributed by atoms with van der Waals surface area (Å²) in [6.45, 7) is 9.89. The van der Waals surface area contributed by atoms with Crippen molar-refractivity contribution in [2.75, 3.05) is 27.2 Å². The third-order valence-electron chi connectivity index (χ3n) is 4.74. The zero-order valence-corrected chi connectivity index (χ0v) is 17.2. The minimum atomic E-state index is -4.52. The topological polar surface area (TPSA) is 63.5 Å². The van der Waals surface area contributed by atoms with Gasteiger partial charge in [0.15, 0.2) is 11.7 Å². The van der Waals surface area contributed by atoms with Crippen LogP contribution in [0.15, 0.2) is 40.6 Å². The van der Waals surface area contributed by atoms with Gasteiger partial charge in [-0.05, 0) is 44.6 Å². The van der Waals surface area contributed by atoms with Gasteiger partial charge in [0.1, 0.15) is 5.75 Å². The fourth-order valence-corrected chi connectivity index (χ4v) is 3.20. The number of likely N-dealkylation sites (tertiary alicyclic amines) is 1. The van der Waals surface area contributed by atoms with E-state index in [0.29, 0.717) is 17.6 Å². The quantitative estimate of drug-likeness (QED) is 0.780. The molecule has 0 saturated carbocycles. The Morgan fingerprint density at radius 1 is 1.28 bits per heavy atom. The number of alkyl halides is 3. The van der Waals surface area contributed by atoms with E-state index < -0.39 is 17.5 Å². The second kappa shape index (κ2) is 9.30. The van der Waals surface area contributed by atoms with E-state index in [1.54, 1.807) is 11.9 Å². The molecule has 1 unspecified atom stereocenters. The highest BCUT2D eigenvalue weighted by molar-refractivity contribution is 6.11. The lowest BCUT2D eigenvalue weighted by Crippen LogP contribution is -2.43. The highest BCUT2D eigenvalue weighted by atomic mass is 19.4. The molecule has 1 aromatic rings. The van der Waals surface area contributed by atoms with E-state index in [0.717, 1.165) is 32.0 Å². The minimum absolute atomic E-state index is 0.132. The number of phenols is 1. The van der Waals surface area contributed by atoms with Crippen LogP contribution in [0.2, 0.25) is 0 Å². The average molecular weight is 411 g/mol. The SMILES string of the molecule is C=C1C(=NC2CCCN(C)C2)NN=C(c2ccc(C(F)(F)F)cc2O)N1C.CC. The Labute approximate surface area is 169 Å². The number of nitrogens with zero attached hydrogens (tertiary/aromatic N) is 4. The maximum atomic E-state index is 12.8. The average Bonchev–Trinajstić information content (AvgIpc) is 2.67. The molecule has 2 N–H and O–H groups in total. The third kappa shape index (κ3) is 5.29. The van der Waals surface area contributed by atoms with Gasteiger partial charge in [-0.1, -0.05) is 20.4 Å². The Morgan fingerprint density at radius 3 is 2.55 bits per heavy atom. The molecule has 1 fully saturated rings. The van der Waals surface area contributed by atoms with Crippen LogP contribution in [0.1, 0.15) is 37.8 Å². The van der Waals surface area contributed by atoms with Crippen molar-refractivity contribution in [2.24, 2.45) is 10.1 Å². The number of benzene rings is 1. The summed E-state index contributed by atoms with van der Waals surface area (Å²) in [5, 5.41) is 14.3. The molecule has 9 heteroatoms. The van der Waals surface area contributed by atoms with Gasteiger partial charge in [0, 0.05) is 13.6 Å². The number of phenolic OH excluding ortho intramolecular Hbond substituents is 1. The zero-order chi connectivity index (χ0) is 21.8. The smallest absolute Gasteiger partial charge is 0.416 e. The van der Waals surface area contributed by atoms with Gasteiger partial charge in [0.05, 0.1) is 22.9 Å². The van der Waals surface area contributed by atoms with Crippen LogP contribution in [0.4, 0.5) is 13.2 Å². The first-order chi connectivity index (χ1) is 13.7. The van der Waals surface area contributed by atoms with Crippen molar-refractivity contribution >= 4 is 11.7 Å². The number of hydrazone groups is 1. The molecule has 0 aliphatic carbocycles. The molecule has 3 rings (SSSR count). The van der Waals surface area contributed by atoms with Gasteiger partial charge in [-0.2, -0.15) is 18.3 Å². The largest absolute Gasteiger partial charge is 0.507 e. The Hall–Kier alpha value is -2.55. The lowest BCUT2D eigenvalue weighted by Gasteiger charge is -2.31. The number of hydrogen-bond donors (Lipinski definition) is 2. The predicted molar refractivity (Wildman–Crippen MR) is 109 cm³/mol. The van der Waals surface area contributed by atoms with Crippen LogP contribution < -0.4 is 5.43 Å². The van der Waals surface area contributed by atoms with Crippen LogP contribution in [-0.2, 0) is 6.18 Å². The zero-order valence-electron chi connectivity index (χ0n) is 17.2. The molecule has 0 radical (unpaired) electrons. The number of aromatic hydroxyl groups is 1. The summed E-state index contributed by atoms with van der Waals surface area (Å²) in [6, 6.07) is 2.93. The Morgan fingerprint density at radius 2 is 1.97 bits per heavy atom. The van der Waals surface area contributed by atoms with Gasteiger partial charge in [-0.3, -0.25) is 10.4 Å². The van der Waals surface area contributed by atoms with E-state index in [-0.39, 0.29) is 17.4 Å². The van der Waals surface area contributed by atoms with E-state index in [1.165, 1.54) is 6.07 Å². The molecule has 0 aromatic heterocycles. The van der Waals surface area contributed by atoms with E-state index in [4.69, 9.17) is 0 Å². The van der Waals surface area contributed by atoms with E-state index in [9.17, 15) is 18.3 Å². The van der Waals surface area contributed by atoms with Crippen molar-refractivity contribution in [2.45, 2.75) is 38.9 Å². The number of likely N-dealkylation sites (N-methyl/N-ethyl adjacent to an activating group) is 2. The third-order valence-corrected chi connectivity index (χ3v) is 4.74. The number of rotatable bonds is 2. The van der Waals surface area contributed by atoms with Crippen molar-refractivity contribution < 1.29 is 18.3 Å². The number of hydrogen-bond acceptors (Lipinski definition) is 5. The summed E-state index contributed by atoms with van der Waals surface area (Å²) in [4.78, 5) is 8.49. The van der Waals surface area contributed by atoms with Gasteiger partial charge in [0.25, 0.3) is 0 Å². The predicted octanol–water partition coefficient (Wildman–Crippen LogP) is 3.64. The Kier molecular flexibility index (Phi) is 7.29. The molecule has 1 atom stereocenters. The second-order valence-electron chi connectivity index (χ2n) is 6.82. The molecule has 1 saturated heterocycles. The van der Waals surface area contributed by atoms with Crippen molar-refractivity contribution in [3.05, 3.63) is 41.6 Å². The number of piperidine rings is 1. The van der Waals surface area contributed by atoms with Gasteiger partial charge < -0.3 is 14.9 Å². The van der Waals surface area contributed by atoms with E-state index in [2.05, 4.69) is 27.0 Å². The lowest BCUT2D eigenvalue weighted by molar-refractivity contribution is -0.137. The maximum Gasteiger partial charge on any atom is 0.416 e. The summed E-state index contributed by atoms with van der Waals surface area (Å²) < 4.78 is 38.4. The molecule has 0 bridgehead atoms. The summed E-state index contributed by atoms with van der Waals surface area (Å²) >= 11 is 0. The molecule has 2 aliphatic heterocycles. The maximum absolute atomic E-state index is 12.8. The van der Waals surface area contributed by atoms with Crippen LogP contribution >= 0.6 is 0 Å². The van der Waals surface area contributed by atoms with E-state index >= 15 is 0 Å². The molecule has 0 spiro atoms. The van der Waals surface area contributed by atoms with Crippen LogP contribution in [0.3, 0.4) is 0 Å².